The molecule has 0 fully saturated rings. The lowest BCUT2D eigenvalue weighted by molar-refractivity contribution is -0.136. The van der Waals surface area contributed by atoms with Crippen LogP contribution in [0.15, 0.2) is 0 Å². The summed E-state index contributed by atoms with van der Waals surface area (Å²) in [5, 5.41) is 11.0. The van der Waals surface area contributed by atoms with Crippen LogP contribution in [0.2, 0.25) is 0 Å². The van der Waals surface area contributed by atoms with Gasteiger partial charge in [0, 0.05) is 20.5 Å². The summed E-state index contributed by atoms with van der Waals surface area (Å²) in [5.41, 5.74) is 0. The number of carbonyl (C=O) groups is 2. The maximum Gasteiger partial charge on any atom is 0.317 e. The first-order valence-corrected chi connectivity index (χ1v) is 4.18. The molecule has 0 aromatic heterocycles. The molecule has 76 valence electrons. The summed E-state index contributed by atoms with van der Waals surface area (Å²) in [7, 11) is 1.72. The van der Waals surface area contributed by atoms with E-state index in [0.717, 1.165) is 6.42 Å². The summed E-state index contributed by atoms with van der Waals surface area (Å²) in [6.07, 6.45) is 0.767. The molecule has 13 heavy (non-hydrogen) atoms. The van der Waals surface area contributed by atoms with Crippen molar-refractivity contribution in [3.8, 4) is 0 Å². The van der Waals surface area contributed by atoms with Crippen molar-refractivity contribution in [3.05, 3.63) is 0 Å². The number of hydrogen-bond donors (Lipinski definition) is 2. The van der Waals surface area contributed by atoms with E-state index in [4.69, 9.17) is 5.11 Å². The predicted molar refractivity (Wildman–Crippen MR) is 48.4 cm³/mol. The van der Waals surface area contributed by atoms with E-state index in [1.165, 1.54) is 6.92 Å². The molecule has 0 aliphatic carbocycles. The molecule has 0 spiro atoms. The van der Waals surface area contributed by atoms with Gasteiger partial charge in [0.2, 0.25) is 5.91 Å². The number of nitrogens with one attached hydrogen (secondary N) is 1. The SMILES string of the molecule is CC(=O)N(C)CCCNCC(=O)O. The summed E-state index contributed by atoms with van der Waals surface area (Å²) in [5.74, 6) is -0.835. The number of carboxylic acids is 1. The Morgan fingerprint density at radius 2 is 2.08 bits per heavy atom. The molecule has 0 saturated carbocycles. The second-order valence-corrected chi connectivity index (χ2v) is 2.86. The lowest BCUT2D eigenvalue weighted by atomic mass is 10.4. The summed E-state index contributed by atoms with van der Waals surface area (Å²) in [6, 6.07) is 0. The second kappa shape index (κ2) is 6.42. The Labute approximate surface area is 77.7 Å². The maximum absolute atomic E-state index is 10.7. The maximum atomic E-state index is 10.7. The molecule has 0 heterocycles. The fourth-order valence-corrected chi connectivity index (χ4v) is 0.794. The van der Waals surface area contributed by atoms with Gasteiger partial charge in [0.05, 0.1) is 6.54 Å². The van der Waals surface area contributed by atoms with Gasteiger partial charge in [0.15, 0.2) is 0 Å². The smallest absolute Gasteiger partial charge is 0.317 e. The molecule has 5 nitrogen and oxygen atoms in total. The highest BCUT2D eigenvalue weighted by Crippen LogP contribution is 1.86. The van der Waals surface area contributed by atoms with Crippen molar-refractivity contribution in [1.82, 2.24) is 10.2 Å². The molecular formula is C8H16N2O3. The van der Waals surface area contributed by atoms with Gasteiger partial charge in [-0.05, 0) is 13.0 Å². The zero-order valence-corrected chi connectivity index (χ0v) is 8.04. The van der Waals surface area contributed by atoms with E-state index in [1.807, 2.05) is 0 Å². The van der Waals surface area contributed by atoms with Gasteiger partial charge in [-0.3, -0.25) is 9.59 Å². The van der Waals surface area contributed by atoms with Crippen molar-refractivity contribution in [2.75, 3.05) is 26.7 Å². The summed E-state index contributed by atoms with van der Waals surface area (Å²) < 4.78 is 0. The zero-order valence-electron chi connectivity index (χ0n) is 8.04. The Hall–Kier alpha value is -1.10. The molecule has 0 saturated heterocycles. The van der Waals surface area contributed by atoms with Crippen LogP contribution >= 0.6 is 0 Å². The van der Waals surface area contributed by atoms with E-state index in [2.05, 4.69) is 5.32 Å². The third-order valence-corrected chi connectivity index (χ3v) is 1.66. The Kier molecular flexibility index (Phi) is 5.88. The van der Waals surface area contributed by atoms with E-state index in [0.29, 0.717) is 13.1 Å². The van der Waals surface area contributed by atoms with Gasteiger partial charge in [-0.1, -0.05) is 0 Å². The van der Waals surface area contributed by atoms with Gasteiger partial charge in [-0.25, -0.2) is 0 Å². The van der Waals surface area contributed by atoms with Crippen LogP contribution in [-0.4, -0.2) is 48.6 Å². The lowest BCUT2D eigenvalue weighted by Gasteiger charge is -2.14. The minimum Gasteiger partial charge on any atom is -0.480 e. The minimum absolute atomic E-state index is 0.0240. The van der Waals surface area contributed by atoms with Crippen LogP contribution in [0.4, 0.5) is 0 Å². The Morgan fingerprint density at radius 1 is 1.46 bits per heavy atom. The third-order valence-electron chi connectivity index (χ3n) is 1.66. The second-order valence-electron chi connectivity index (χ2n) is 2.86. The van der Waals surface area contributed by atoms with Crippen LogP contribution in [0.1, 0.15) is 13.3 Å². The zero-order chi connectivity index (χ0) is 10.3. The number of nitrogens with zero attached hydrogens (tertiary/aromatic N) is 1. The average Bonchev–Trinajstić information content (AvgIpc) is 2.02. The fourth-order valence-electron chi connectivity index (χ4n) is 0.794. The van der Waals surface area contributed by atoms with E-state index in [-0.39, 0.29) is 12.5 Å². The highest BCUT2D eigenvalue weighted by molar-refractivity contribution is 5.72. The molecular weight excluding hydrogens is 172 g/mol. The molecule has 0 rings (SSSR count). The van der Waals surface area contributed by atoms with Gasteiger partial charge < -0.3 is 15.3 Å². The normalized spacial score (nSPS) is 9.69. The number of amides is 1. The molecule has 0 aliphatic heterocycles. The fraction of sp³-hybridized carbons (Fsp3) is 0.750. The van der Waals surface area contributed by atoms with Crippen LogP contribution in [-0.2, 0) is 9.59 Å². The van der Waals surface area contributed by atoms with E-state index < -0.39 is 5.97 Å². The molecule has 2 N–H and O–H groups in total. The highest BCUT2D eigenvalue weighted by atomic mass is 16.4. The Bertz CT molecular complexity index is 182. The van der Waals surface area contributed by atoms with Crippen LogP contribution in [0.25, 0.3) is 0 Å². The van der Waals surface area contributed by atoms with Crippen LogP contribution < -0.4 is 5.32 Å². The molecule has 0 aromatic rings. The number of rotatable bonds is 6. The molecule has 0 radical (unpaired) electrons. The van der Waals surface area contributed by atoms with Crippen molar-refractivity contribution >= 4 is 11.9 Å². The Morgan fingerprint density at radius 3 is 2.54 bits per heavy atom. The quantitative estimate of drug-likeness (QED) is 0.553. The number of aliphatic carboxylic acids is 1. The van der Waals surface area contributed by atoms with Gasteiger partial charge >= 0.3 is 5.97 Å². The van der Waals surface area contributed by atoms with Crippen LogP contribution in [0.3, 0.4) is 0 Å². The van der Waals surface area contributed by atoms with Crippen molar-refractivity contribution in [2.24, 2.45) is 0 Å². The van der Waals surface area contributed by atoms with Crippen molar-refractivity contribution in [2.45, 2.75) is 13.3 Å². The van der Waals surface area contributed by atoms with Gasteiger partial charge in [0.1, 0.15) is 0 Å². The molecule has 0 aromatic carbocycles. The molecule has 1 amide bonds. The molecule has 0 atom stereocenters. The molecule has 5 heteroatoms. The first kappa shape index (κ1) is 11.9. The summed E-state index contributed by atoms with van der Waals surface area (Å²) >= 11 is 0. The van der Waals surface area contributed by atoms with Crippen LogP contribution in [0.5, 0.6) is 0 Å². The molecule has 0 bridgehead atoms. The van der Waals surface area contributed by atoms with Gasteiger partial charge in [0.25, 0.3) is 0 Å². The minimum atomic E-state index is -0.861. The predicted octanol–water partition coefficient (Wildman–Crippen LogP) is -0.471. The van der Waals surface area contributed by atoms with Crippen molar-refractivity contribution in [1.29, 1.82) is 0 Å². The number of carbonyl (C=O) groups excluding carboxylic acids is 1. The topological polar surface area (TPSA) is 69.6 Å². The largest absolute Gasteiger partial charge is 0.480 e. The van der Waals surface area contributed by atoms with E-state index in [9.17, 15) is 9.59 Å². The Balaban J connectivity index is 3.26. The lowest BCUT2D eigenvalue weighted by Crippen LogP contribution is -2.29. The van der Waals surface area contributed by atoms with Gasteiger partial charge in [-0.2, -0.15) is 0 Å². The van der Waals surface area contributed by atoms with Gasteiger partial charge in [-0.15, -0.1) is 0 Å². The molecule has 0 unspecified atom stereocenters. The first-order valence-electron chi connectivity index (χ1n) is 4.18. The monoisotopic (exact) mass is 188 g/mol. The molecule has 0 aliphatic rings. The number of carboxylic acid groups (broad SMARTS) is 1. The summed E-state index contributed by atoms with van der Waals surface area (Å²) in [4.78, 5) is 22.4. The van der Waals surface area contributed by atoms with Crippen molar-refractivity contribution < 1.29 is 14.7 Å². The third kappa shape index (κ3) is 7.27. The first-order chi connectivity index (χ1) is 6.04. The highest BCUT2D eigenvalue weighted by Gasteiger charge is 2.00. The van der Waals surface area contributed by atoms with Crippen LogP contribution in [0, 0.1) is 0 Å². The van der Waals surface area contributed by atoms with E-state index >= 15 is 0 Å². The van der Waals surface area contributed by atoms with E-state index in [1.54, 1.807) is 11.9 Å². The standard InChI is InChI=1S/C8H16N2O3/c1-7(11)10(2)5-3-4-9-6-8(12)13/h9H,3-6H2,1-2H3,(H,12,13). The summed E-state index contributed by atoms with van der Waals surface area (Å²) in [6.45, 7) is 2.75. The van der Waals surface area contributed by atoms with Crippen molar-refractivity contribution in [3.63, 3.8) is 0 Å². The number of hydrogen-bond acceptors (Lipinski definition) is 3. The average molecular weight is 188 g/mol.